The topological polar surface area (TPSA) is 137 Å². The van der Waals surface area contributed by atoms with Gasteiger partial charge in [0.15, 0.2) is 11.5 Å². The number of aromatic hydroxyl groups is 3. The van der Waals surface area contributed by atoms with Crippen LogP contribution in [0.1, 0.15) is 36.7 Å². The van der Waals surface area contributed by atoms with Gasteiger partial charge in [-0.2, -0.15) is 0 Å². The monoisotopic (exact) mass is 574 g/mol. The van der Waals surface area contributed by atoms with Crippen molar-refractivity contribution in [2.75, 3.05) is 5.32 Å². The van der Waals surface area contributed by atoms with E-state index in [0.717, 1.165) is 4.70 Å². The minimum atomic E-state index is -3.83. The van der Waals surface area contributed by atoms with Gasteiger partial charge in [0.25, 0.3) is 5.91 Å². The normalized spacial score (nSPS) is 12.0. The number of phenols is 3. The molecule has 0 radical (unpaired) electrons. The van der Waals surface area contributed by atoms with Crippen molar-refractivity contribution in [3.05, 3.63) is 90.0 Å². The van der Waals surface area contributed by atoms with Crippen molar-refractivity contribution >= 4 is 43.0 Å². The number of thiazole rings is 1. The highest BCUT2D eigenvalue weighted by Crippen LogP contribution is 2.46. The molecule has 5 aromatic rings. The highest BCUT2D eigenvalue weighted by Gasteiger charge is 2.27. The number of aromatic nitrogens is 1. The first-order valence-corrected chi connectivity index (χ1v) is 14.6. The minimum absolute atomic E-state index is 0.0606. The van der Waals surface area contributed by atoms with Gasteiger partial charge in [-0.3, -0.25) is 4.79 Å². The zero-order valence-electron chi connectivity index (χ0n) is 21.8. The summed E-state index contributed by atoms with van der Waals surface area (Å²) >= 11 is 1.26. The number of para-hydroxylation sites is 1. The van der Waals surface area contributed by atoms with Crippen LogP contribution in [-0.4, -0.2) is 34.6 Å². The Kier molecular flexibility index (Phi) is 6.77. The van der Waals surface area contributed by atoms with Crippen molar-refractivity contribution in [2.45, 2.75) is 36.0 Å². The molecule has 0 saturated carbocycles. The Bertz CT molecular complexity index is 1840. The molecule has 0 atom stereocenters. The maximum absolute atomic E-state index is 13.4. The second kappa shape index (κ2) is 9.96. The van der Waals surface area contributed by atoms with Crippen molar-refractivity contribution in [3.63, 3.8) is 0 Å². The molecule has 0 spiro atoms. The van der Waals surface area contributed by atoms with Gasteiger partial charge in [0.2, 0.25) is 15.6 Å². The molecule has 10 heteroatoms. The van der Waals surface area contributed by atoms with Gasteiger partial charge >= 0.3 is 0 Å². The quantitative estimate of drug-likeness (QED) is 0.177. The zero-order valence-corrected chi connectivity index (χ0v) is 23.5. The number of sulfone groups is 1. The predicted octanol–water partition coefficient (Wildman–Crippen LogP) is 6.46. The molecule has 1 amide bonds. The number of hydrogen-bond donors (Lipinski definition) is 4. The van der Waals surface area contributed by atoms with E-state index in [9.17, 15) is 28.5 Å². The molecule has 5 rings (SSSR count). The lowest BCUT2D eigenvalue weighted by molar-refractivity contribution is 0.102. The Morgan fingerprint density at radius 1 is 0.850 bits per heavy atom. The molecule has 40 heavy (non-hydrogen) atoms. The molecular weight excluding hydrogens is 548 g/mol. The fraction of sp³-hybridized carbons (Fsp3) is 0.133. The summed E-state index contributed by atoms with van der Waals surface area (Å²) < 4.78 is 27.7. The van der Waals surface area contributed by atoms with Crippen LogP contribution in [0.5, 0.6) is 17.2 Å². The number of rotatable bonds is 5. The second-order valence-electron chi connectivity index (χ2n) is 10.2. The van der Waals surface area contributed by atoms with Gasteiger partial charge in [-0.1, -0.05) is 51.1 Å². The standard InChI is InChI=1S/C30H26N2O6S2/c1-30(2,3)21-8-4-7-11-24(21)40(37,38)18-14-12-17(13-15-18)31-28(36)19-16-20(26(34)27(35)25(19)33)29-32-22-9-5-6-10-23(22)39-29/h4-16,33-35H,1-3H3,(H,31,36). The first-order chi connectivity index (χ1) is 18.9. The number of hydrogen-bond acceptors (Lipinski definition) is 8. The third-order valence-corrected chi connectivity index (χ3v) is 9.32. The van der Waals surface area contributed by atoms with Crippen molar-refractivity contribution in [1.29, 1.82) is 0 Å². The number of amides is 1. The zero-order chi connectivity index (χ0) is 28.8. The second-order valence-corrected chi connectivity index (χ2v) is 13.2. The Morgan fingerprint density at radius 3 is 2.17 bits per heavy atom. The number of benzene rings is 4. The van der Waals surface area contributed by atoms with Crippen molar-refractivity contribution in [2.24, 2.45) is 0 Å². The summed E-state index contributed by atoms with van der Waals surface area (Å²) in [6.45, 7) is 5.83. The van der Waals surface area contributed by atoms with E-state index in [2.05, 4.69) is 10.3 Å². The molecule has 8 nitrogen and oxygen atoms in total. The molecule has 1 heterocycles. The van der Waals surface area contributed by atoms with Gasteiger partial charge in [0.05, 0.1) is 31.1 Å². The summed E-state index contributed by atoms with van der Waals surface area (Å²) in [4.78, 5) is 17.8. The van der Waals surface area contributed by atoms with Crippen LogP contribution in [0.25, 0.3) is 20.8 Å². The fourth-order valence-corrected chi connectivity index (χ4v) is 6.99. The molecule has 0 aliphatic rings. The van der Waals surface area contributed by atoms with E-state index in [4.69, 9.17) is 0 Å². The number of phenolic OH excluding ortho intramolecular Hbond substituents is 3. The summed E-state index contributed by atoms with van der Waals surface area (Å²) in [7, 11) is -3.83. The molecule has 0 fully saturated rings. The maximum Gasteiger partial charge on any atom is 0.259 e. The lowest BCUT2D eigenvalue weighted by Gasteiger charge is -2.22. The van der Waals surface area contributed by atoms with Gasteiger partial charge in [0, 0.05) is 5.69 Å². The van der Waals surface area contributed by atoms with Crippen LogP contribution < -0.4 is 5.32 Å². The molecule has 4 N–H and O–H groups in total. The molecular formula is C30H26N2O6S2. The van der Waals surface area contributed by atoms with Crippen LogP contribution in [0.3, 0.4) is 0 Å². The van der Waals surface area contributed by atoms with Crippen LogP contribution in [-0.2, 0) is 15.3 Å². The molecule has 0 bridgehead atoms. The van der Waals surface area contributed by atoms with E-state index >= 15 is 0 Å². The highest BCUT2D eigenvalue weighted by molar-refractivity contribution is 7.91. The fourth-order valence-electron chi connectivity index (χ4n) is 4.34. The lowest BCUT2D eigenvalue weighted by atomic mass is 9.87. The first-order valence-electron chi connectivity index (χ1n) is 12.3. The number of carbonyl (C=O) groups is 1. The largest absolute Gasteiger partial charge is 0.504 e. The number of carbonyl (C=O) groups excluding carboxylic acids is 1. The van der Waals surface area contributed by atoms with Gasteiger partial charge in [-0.05, 0) is 59.5 Å². The van der Waals surface area contributed by atoms with Crippen LogP contribution in [0, 0.1) is 0 Å². The number of fused-ring (bicyclic) bond motifs is 1. The summed E-state index contributed by atoms with van der Waals surface area (Å²) in [5.41, 5.74) is 1.04. The summed E-state index contributed by atoms with van der Waals surface area (Å²) in [5.74, 6) is -3.01. The Morgan fingerprint density at radius 2 is 1.50 bits per heavy atom. The van der Waals surface area contributed by atoms with Crippen LogP contribution in [0.15, 0.2) is 88.7 Å². The highest BCUT2D eigenvalue weighted by atomic mass is 32.2. The average molecular weight is 575 g/mol. The maximum atomic E-state index is 13.4. The molecule has 0 aliphatic carbocycles. The summed E-state index contributed by atoms with van der Waals surface area (Å²) in [5, 5.41) is 34.3. The van der Waals surface area contributed by atoms with E-state index < -0.39 is 33.0 Å². The van der Waals surface area contributed by atoms with E-state index in [1.807, 2.05) is 39.0 Å². The van der Waals surface area contributed by atoms with Crippen molar-refractivity contribution < 1.29 is 28.5 Å². The molecule has 0 saturated heterocycles. The first kappa shape index (κ1) is 27.2. The minimum Gasteiger partial charge on any atom is -0.504 e. The molecule has 0 unspecified atom stereocenters. The third kappa shape index (κ3) is 4.87. The van der Waals surface area contributed by atoms with Crippen LogP contribution >= 0.6 is 11.3 Å². The predicted molar refractivity (Wildman–Crippen MR) is 155 cm³/mol. The third-order valence-electron chi connectivity index (χ3n) is 6.42. The Balaban J connectivity index is 1.45. The van der Waals surface area contributed by atoms with Gasteiger partial charge in [-0.15, -0.1) is 11.3 Å². The van der Waals surface area contributed by atoms with Crippen LogP contribution in [0.4, 0.5) is 5.69 Å². The smallest absolute Gasteiger partial charge is 0.259 e. The molecule has 1 aromatic heterocycles. The van der Waals surface area contributed by atoms with Crippen LogP contribution in [0.2, 0.25) is 0 Å². The van der Waals surface area contributed by atoms with E-state index in [1.54, 1.807) is 30.3 Å². The molecule has 0 aliphatic heterocycles. The Hall–Kier alpha value is -4.41. The molecule has 4 aromatic carbocycles. The number of nitrogens with one attached hydrogen (secondary N) is 1. The van der Waals surface area contributed by atoms with Gasteiger partial charge in [0.1, 0.15) is 5.01 Å². The summed E-state index contributed by atoms with van der Waals surface area (Å²) in [6, 6.07) is 21.1. The number of anilines is 1. The Labute approximate surface area is 235 Å². The van der Waals surface area contributed by atoms with E-state index in [1.165, 1.54) is 41.7 Å². The van der Waals surface area contributed by atoms with E-state index in [0.29, 0.717) is 16.1 Å². The summed E-state index contributed by atoms with van der Waals surface area (Å²) in [6.07, 6.45) is 0. The van der Waals surface area contributed by atoms with Gasteiger partial charge < -0.3 is 20.6 Å². The van der Waals surface area contributed by atoms with Gasteiger partial charge in [-0.25, -0.2) is 13.4 Å². The van der Waals surface area contributed by atoms with E-state index in [-0.39, 0.29) is 32.0 Å². The van der Waals surface area contributed by atoms with Crippen molar-refractivity contribution in [3.8, 4) is 27.8 Å². The SMILES string of the molecule is CC(C)(C)c1ccccc1S(=O)(=O)c1ccc(NC(=O)c2cc(-c3nc4ccccc4s3)c(O)c(O)c2O)cc1. The average Bonchev–Trinajstić information content (AvgIpc) is 3.36. The number of nitrogens with zero attached hydrogens (tertiary/aromatic N) is 1. The molecule has 204 valence electrons. The van der Waals surface area contributed by atoms with Crippen molar-refractivity contribution in [1.82, 2.24) is 4.98 Å². The lowest BCUT2D eigenvalue weighted by Crippen LogP contribution is -2.17.